The first-order chi connectivity index (χ1) is 11.0. The van der Waals surface area contributed by atoms with Crippen LogP contribution in [0.5, 0.6) is 0 Å². The lowest BCUT2D eigenvalue weighted by atomic mass is 10.0. The molecular weight excluding hydrogens is 372 g/mol. The Balaban J connectivity index is 1.99. The van der Waals surface area contributed by atoms with Crippen LogP contribution < -0.4 is 0 Å². The first kappa shape index (κ1) is 16.0. The van der Waals surface area contributed by atoms with Crippen LogP contribution in [0.1, 0.15) is 11.1 Å². The number of fused-ring (bicyclic) bond motifs is 1. The Bertz CT molecular complexity index is 968. The summed E-state index contributed by atoms with van der Waals surface area (Å²) in [4.78, 5) is 0.164. The Morgan fingerprint density at radius 1 is 0.913 bits per heavy atom. The van der Waals surface area contributed by atoms with Gasteiger partial charge in [-0.1, -0.05) is 77.1 Å². The average molecular weight is 387 g/mol. The Kier molecular flexibility index (Phi) is 4.37. The standard InChI is InChI=1S/C19H15BrO2S/c1-14(18-8-4-6-16-5-2-3-7-19(16)18)23(21,22)13-15-9-11-17(20)12-10-15/h2-12H,1,13H2. The Morgan fingerprint density at radius 2 is 1.57 bits per heavy atom. The fourth-order valence-electron chi connectivity index (χ4n) is 2.52. The van der Waals surface area contributed by atoms with E-state index in [9.17, 15) is 8.42 Å². The molecule has 0 aliphatic carbocycles. The van der Waals surface area contributed by atoms with E-state index >= 15 is 0 Å². The number of benzene rings is 3. The summed E-state index contributed by atoms with van der Waals surface area (Å²) in [6, 6.07) is 20.6. The van der Waals surface area contributed by atoms with Crippen LogP contribution in [-0.2, 0) is 15.6 Å². The summed E-state index contributed by atoms with van der Waals surface area (Å²) < 4.78 is 26.4. The van der Waals surface area contributed by atoms with E-state index in [0.717, 1.165) is 20.8 Å². The van der Waals surface area contributed by atoms with Gasteiger partial charge in [-0.3, -0.25) is 0 Å². The minimum atomic E-state index is -3.48. The summed E-state index contributed by atoms with van der Waals surface area (Å²) in [7, 11) is -3.48. The van der Waals surface area contributed by atoms with E-state index in [-0.39, 0.29) is 10.7 Å². The molecule has 0 amide bonds. The van der Waals surface area contributed by atoms with E-state index < -0.39 is 9.84 Å². The van der Waals surface area contributed by atoms with Crippen molar-refractivity contribution in [3.8, 4) is 0 Å². The second kappa shape index (κ2) is 6.30. The number of halogens is 1. The quantitative estimate of drug-likeness (QED) is 0.618. The van der Waals surface area contributed by atoms with E-state index in [1.54, 1.807) is 12.1 Å². The minimum Gasteiger partial charge on any atom is -0.223 e. The Morgan fingerprint density at radius 3 is 2.30 bits per heavy atom. The highest BCUT2D eigenvalue weighted by Crippen LogP contribution is 2.29. The molecule has 0 heterocycles. The average Bonchev–Trinajstić information content (AvgIpc) is 2.55. The third-order valence-electron chi connectivity index (χ3n) is 3.74. The zero-order valence-corrected chi connectivity index (χ0v) is 14.8. The van der Waals surface area contributed by atoms with Gasteiger partial charge < -0.3 is 0 Å². The smallest absolute Gasteiger partial charge is 0.182 e. The predicted molar refractivity (Wildman–Crippen MR) is 99.7 cm³/mol. The van der Waals surface area contributed by atoms with Crippen molar-refractivity contribution in [2.45, 2.75) is 5.75 Å². The summed E-state index contributed by atoms with van der Waals surface area (Å²) in [5.74, 6) is -0.0532. The van der Waals surface area contributed by atoms with Crippen molar-refractivity contribution in [2.75, 3.05) is 0 Å². The second-order valence-corrected chi connectivity index (χ2v) is 8.26. The van der Waals surface area contributed by atoms with Gasteiger partial charge in [-0.2, -0.15) is 0 Å². The molecule has 0 unspecified atom stereocenters. The zero-order valence-electron chi connectivity index (χ0n) is 12.4. The molecule has 0 atom stereocenters. The highest BCUT2D eigenvalue weighted by atomic mass is 79.9. The van der Waals surface area contributed by atoms with Gasteiger partial charge in [0.25, 0.3) is 0 Å². The number of hydrogen-bond donors (Lipinski definition) is 0. The van der Waals surface area contributed by atoms with Gasteiger partial charge in [0.1, 0.15) is 0 Å². The lowest BCUT2D eigenvalue weighted by Crippen LogP contribution is -2.06. The topological polar surface area (TPSA) is 34.1 Å². The first-order valence-corrected chi connectivity index (χ1v) is 9.56. The molecule has 0 saturated carbocycles. The monoisotopic (exact) mass is 386 g/mol. The lowest BCUT2D eigenvalue weighted by Gasteiger charge is -2.11. The molecule has 0 N–H and O–H groups in total. The molecule has 0 aliphatic heterocycles. The third-order valence-corrected chi connectivity index (χ3v) is 5.95. The maximum Gasteiger partial charge on any atom is 0.182 e. The van der Waals surface area contributed by atoms with Gasteiger partial charge in [-0.25, -0.2) is 8.42 Å². The summed E-state index contributed by atoms with van der Waals surface area (Å²) in [6.45, 7) is 3.86. The molecule has 3 aromatic rings. The van der Waals surface area contributed by atoms with Crippen molar-refractivity contribution in [3.05, 3.63) is 88.9 Å². The van der Waals surface area contributed by atoms with E-state index in [1.807, 2.05) is 54.6 Å². The molecule has 0 spiro atoms. The molecule has 3 aromatic carbocycles. The summed E-state index contributed by atoms with van der Waals surface area (Å²) in [5.41, 5.74) is 1.41. The summed E-state index contributed by atoms with van der Waals surface area (Å²) >= 11 is 3.35. The predicted octanol–water partition coefficient (Wildman–Crippen LogP) is 5.19. The van der Waals surface area contributed by atoms with Gasteiger partial charge in [0.15, 0.2) is 9.84 Å². The van der Waals surface area contributed by atoms with Gasteiger partial charge in [-0.05, 0) is 28.5 Å². The van der Waals surface area contributed by atoms with Crippen LogP contribution in [0.15, 0.2) is 77.8 Å². The van der Waals surface area contributed by atoms with Gasteiger partial charge in [0.05, 0.1) is 10.7 Å². The van der Waals surface area contributed by atoms with Crippen LogP contribution in [0.25, 0.3) is 15.7 Å². The van der Waals surface area contributed by atoms with E-state index in [2.05, 4.69) is 22.5 Å². The molecule has 0 bridgehead atoms. The fourth-order valence-corrected chi connectivity index (χ4v) is 4.11. The molecule has 3 rings (SSSR count). The largest absolute Gasteiger partial charge is 0.223 e. The molecule has 116 valence electrons. The summed E-state index contributed by atoms with van der Waals surface area (Å²) in [6.07, 6.45) is 0. The minimum absolute atomic E-state index is 0.0532. The van der Waals surface area contributed by atoms with Crippen molar-refractivity contribution >= 4 is 41.4 Å². The van der Waals surface area contributed by atoms with Crippen molar-refractivity contribution in [1.29, 1.82) is 0 Å². The van der Waals surface area contributed by atoms with Crippen molar-refractivity contribution < 1.29 is 8.42 Å². The Hall–Kier alpha value is -1.91. The highest BCUT2D eigenvalue weighted by molar-refractivity contribution is 9.10. The van der Waals surface area contributed by atoms with Crippen molar-refractivity contribution in [3.63, 3.8) is 0 Å². The van der Waals surface area contributed by atoms with Gasteiger partial charge in [0.2, 0.25) is 0 Å². The Labute approximate surface area is 144 Å². The van der Waals surface area contributed by atoms with Crippen LogP contribution in [0.2, 0.25) is 0 Å². The second-order valence-electron chi connectivity index (χ2n) is 5.34. The van der Waals surface area contributed by atoms with Crippen molar-refractivity contribution in [2.24, 2.45) is 0 Å². The van der Waals surface area contributed by atoms with E-state index in [0.29, 0.717) is 5.56 Å². The summed E-state index contributed by atoms with van der Waals surface area (Å²) in [5, 5.41) is 1.91. The lowest BCUT2D eigenvalue weighted by molar-refractivity contribution is 0.605. The third kappa shape index (κ3) is 3.38. The van der Waals surface area contributed by atoms with Crippen molar-refractivity contribution in [1.82, 2.24) is 0 Å². The fraction of sp³-hybridized carbons (Fsp3) is 0.0526. The first-order valence-electron chi connectivity index (χ1n) is 7.11. The van der Waals surface area contributed by atoms with Gasteiger partial charge >= 0.3 is 0 Å². The number of sulfone groups is 1. The molecule has 0 fully saturated rings. The van der Waals surface area contributed by atoms with Crippen LogP contribution in [0.3, 0.4) is 0 Å². The molecule has 4 heteroatoms. The molecule has 0 radical (unpaired) electrons. The highest BCUT2D eigenvalue weighted by Gasteiger charge is 2.19. The maximum atomic E-state index is 12.7. The van der Waals surface area contributed by atoms with Gasteiger partial charge in [0, 0.05) is 10.0 Å². The van der Waals surface area contributed by atoms with Crippen LogP contribution >= 0.6 is 15.9 Å². The van der Waals surface area contributed by atoms with Crippen LogP contribution in [-0.4, -0.2) is 8.42 Å². The molecule has 0 aliphatic rings. The maximum absolute atomic E-state index is 12.7. The SMILES string of the molecule is C=C(c1cccc2ccccc12)S(=O)(=O)Cc1ccc(Br)cc1. The molecule has 23 heavy (non-hydrogen) atoms. The molecule has 2 nitrogen and oxygen atoms in total. The zero-order chi connectivity index (χ0) is 16.4. The van der Waals surface area contributed by atoms with Crippen LogP contribution in [0, 0.1) is 0 Å². The van der Waals surface area contributed by atoms with E-state index in [4.69, 9.17) is 0 Å². The molecule has 0 saturated heterocycles. The number of hydrogen-bond acceptors (Lipinski definition) is 2. The van der Waals surface area contributed by atoms with Crippen LogP contribution in [0.4, 0.5) is 0 Å². The van der Waals surface area contributed by atoms with Gasteiger partial charge in [-0.15, -0.1) is 0 Å². The normalized spacial score (nSPS) is 11.5. The number of rotatable bonds is 4. The molecule has 0 aromatic heterocycles. The van der Waals surface area contributed by atoms with E-state index in [1.165, 1.54) is 0 Å². The molecular formula is C19H15BrO2S.